The monoisotopic (exact) mass is 469 g/mol. The molecular formula is C24H25F2N5O3. The van der Waals surface area contributed by atoms with Gasteiger partial charge in [-0.2, -0.15) is 15.0 Å². The van der Waals surface area contributed by atoms with E-state index in [1.54, 1.807) is 6.92 Å². The summed E-state index contributed by atoms with van der Waals surface area (Å²) in [5.41, 5.74) is 0.949. The van der Waals surface area contributed by atoms with Gasteiger partial charge in [0.25, 0.3) is 0 Å². The van der Waals surface area contributed by atoms with Crippen LogP contribution in [0.15, 0.2) is 54.6 Å². The van der Waals surface area contributed by atoms with E-state index in [4.69, 9.17) is 9.47 Å². The second-order valence-electron chi connectivity index (χ2n) is 8.06. The molecule has 3 aromatic rings. The first kappa shape index (κ1) is 23.3. The summed E-state index contributed by atoms with van der Waals surface area (Å²) in [5, 5.41) is 3.18. The summed E-state index contributed by atoms with van der Waals surface area (Å²) in [6, 6.07) is 16.0. The third-order valence-corrected chi connectivity index (χ3v) is 5.57. The summed E-state index contributed by atoms with van der Waals surface area (Å²) in [6.07, 6.45) is -3.37. The van der Waals surface area contributed by atoms with Crippen LogP contribution in [0, 0.1) is 12.8 Å². The Kier molecular flexibility index (Phi) is 6.85. The second-order valence-corrected chi connectivity index (χ2v) is 8.06. The van der Waals surface area contributed by atoms with Gasteiger partial charge in [-0.15, -0.1) is 0 Å². The molecule has 10 heteroatoms. The van der Waals surface area contributed by atoms with E-state index in [0.29, 0.717) is 11.6 Å². The molecule has 34 heavy (non-hydrogen) atoms. The van der Waals surface area contributed by atoms with Crippen molar-refractivity contribution < 1.29 is 23.0 Å². The van der Waals surface area contributed by atoms with Gasteiger partial charge in [-0.3, -0.25) is 0 Å². The van der Waals surface area contributed by atoms with E-state index in [-0.39, 0.29) is 24.5 Å². The highest BCUT2D eigenvalue weighted by molar-refractivity contribution is 5.88. The van der Waals surface area contributed by atoms with E-state index in [9.17, 15) is 13.6 Å². The topological polar surface area (TPSA) is 89.5 Å². The van der Waals surface area contributed by atoms with Gasteiger partial charge in [0.1, 0.15) is 23.9 Å². The Labute approximate surface area is 196 Å². The lowest BCUT2D eigenvalue weighted by Crippen LogP contribution is -2.42. The number of hydrogen-bond acceptors (Lipinski definition) is 7. The molecule has 1 aliphatic rings. The molecule has 2 heterocycles. The maximum Gasteiger partial charge on any atom is 0.417 e. The van der Waals surface area contributed by atoms with Gasteiger partial charge in [-0.1, -0.05) is 37.3 Å². The van der Waals surface area contributed by atoms with Crippen LogP contribution >= 0.6 is 0 Å². The van der Waals surface area contributed by atoms with E-state index < -0.39 is 24.5 Å². The number of alkyl halides is 2. The molecule has 1 aliphatic heterocycles. The van der Waals surface area contributed by atoms with E-state index in [1.807, 2.05) is 61.5 Å². The number of aryl methyl sites for hydroxylation is 1. The standard InChI is InChI=1S/C24H25F2N5O3/c1-14(21(25)26)20-13-33-24(32)31(20)23-29-16(3)28-22(30-23)27-15(2)17-9-11-19(12-10-17)34-18-7-5-4-6-8-18/h4-12,14-15,20-21H,13H2,1-3H3,(H,27,28,29,30)/t14-,15+,20+/m1/s1. The molecule has 0 bridgehead atoms. The predicted octanol–water partition coefficient (Wildman–Crippen LogP) is 5.37. The van der Waals surface area contributed by atoms with Gasteiger partial charge < -0.3 is 14.8 Å². The highest BCUT2D eigenvalue weighted by Gasteiger charge is 2.42. The molecule has 178 valence electrons. The lowest BCUT2D eigenvalue weighted by Gasteiger charge is -2.25. The predicted molar refractivity (Wildman–Crippen MR) is 122 cm³/mol. The van der Waals surface area contributed by atoms with Crippen LogP contribution in [0.25, 0.3) is 0 Å². The van der Waals surface area contributed by atoms with Crippen molar-refractivity contribution in [2.75, 3.05) is 16.8 Å². The molecule has 0 radical (unpaired) electrons. The van der Waals surface area contributed by atoms with Crippen LogP contribution in [0.1, 0.15) is 31.3 Å². The highest BCUT2D eigenvalue weighted by atomic mass is 19.3. The lowest BCUT2D eigenvalue weighted by atomic mass is 10.0. The maximum atomic E-state index is 13.3. The highest BCUT2D eigenvalue weighted by Crippen LogP contribution is 2.29. The molecule has 0 unspecified atom stereocenters. The van der Waals surface area contributed by atoms with Crippen molar-refractivity contribution in [2.24, 2.45) is 5.92 Å². The number of rotatable bonds is 8. The summed E-state index contributed by atoms with van der Waals surface area (Å²) in [7, 11) is 0. The van der Waals surface area contributed by atoms with Crippen LogP contribution in [0.3, 0.4) is 0 Å². The zero-order valence-electron chi connectivity index (χ0n) is 19.0. The number of ether oxygens (including phenoxy) is 2. The maximum absolute atomic E-state index is 13.3. The number of cyclic esters (lactones) is 1. The molecule has 8 nitrogen and oxygen atoms in total. The first-order valence-electron chi connectivity index (χ1n) is 10.9. The Morgan fingerprint density at radius 1 is 1.03 bits per heavy atom. The van der Waals surface area contributed by atoms with Crippen LogP contribution in [-0.4, -0.2) is 40.1 Å². The van der Waals surface area contributed by atoms with Crippen molar-refractivity contribution in [3.63, 3.8) is 0 Å². The van der Waals surface area contributed by atoms with Crippen molar-refractivity contribution in [2.45, 2.75) is 39.3 Å². The number of carbonyl (C=O) groups is 1. The van der Waals surface area contributed by atoms with Crippen molar-refractivity contribution in [3.05, 3.63) is 66.0 Å². The number of halogens is 2. The van der Waals surface area contributed by atoms with Gasteiger partial charge in [-0.25, -0.2) is 18.5 Å². The summed E-state index contributed by atoms with van der Waals surface area (Å²) in [5.74, 6) is 0.892. The summed E-state index contributed by atoms with van der Waals surface area (Å²) in [6.45, 7) is 4.79. The van der Waals surface area contributed by atoms with E-state index >= 15 is 0 Å². The number of nitrogens with zero attached hydrogens (tertiary/aromatic N) is 4. The Morgan fingerprint density at radius 2 is 1.71 bits per heavy atom. The van der Waals surface area contributed by atoms with Crippen molar-refractivity contribution in [1.29, 1.82) is 0 Å². The largest absolute Gasteiger partial charge is 0.457 e. The summed E-state index contributed by atoms with van der Waals surface area (Å²) in [4.78, 5) is 26.1. The average Bonchev–Trinajstić information content (AvgIpc) is 3.20. The first-order valence-corrected chi connectivity index (χ1v) is 10.9. The third-order valence-electron chi connectivity index (χ3n) is 5.57. The minimum atomic E-state index is -2.61. The Balaban J connectivity index is 1.49. The molecule has 1 amide bonds. The quantitative estimate of drug-likeness (QED) is 0.474. The molecule has 0 saturated carbocycles. The fourth-order valence-electron chi connectivity index (χ4n) is 3.59. The number of nitrogens with one attached hydrogen (secondary N) is 1. The van der Waals surface area contributed by atoms with E-state index in [0.717, 1.165) is 16.2 Å². The Hall–Kier alpha value is -3.82. The molecule has 4 rings (SSSR count). The zero-order valence-corrected chi connectivity index (χ0v) is 19.0. The van der Waals surface area contributed by atoms with Gasteiger partial charge in [0.05, 0.1) is 12.1 Å². The molecule has 1 fully saturated rings. The van der Waals surface area contributed by atoms with Gasteiger partial charge in [0, 0.05) is 5.92 Å². The number of hydrogen-bond donors (Lipinski definition) is 1. The summed E-state index contributed by atoms with van der Waals surface area (Å²) < 4.78 is 37.4. The van der Waals surface area contributed by atoms with Gasteiger partial charge in [-0.05, 0) is 43.7 Å². The van der Waals surface area contributed by atoms with Crippen LogP contribution in [0.4, 0.5) is 25.5 Å². The molecule has 0 aliphatic carbocycles. The fourth-order valence-corrected chi connectivity index (χ4v) is 3.59. The Bertz CT molecular complexity index is 1130. The van der Waals surface area contributed by atoms with Crippen LogP contribution in [0.2, 0.25) is 0 Å². The Morgan fingerprint density at radius 3 is 2.38 bits per heavy atom. The van der Waals surface area contributed by atoms with E-state index in [1.165, 1.54) is 6.92 Å². The molecular weight excluding hydrogens is 444 g/mol. The van der Waals surface area contributed by atoms with Gasteiger partial charge in [0.2, 0.25) is 18.3 Å². The number of para-hydroxylation sites is 1. The smallest absolute Gasteiger partial charge is 0.417 e. The van der Waals surface area contributed by atoms with Crippen LogP contribution < -0.4 is 15.0 Å². The number of aromatic nitrogens is 3. The minimum Gasteiger partial charge on any atom is -0.457 e. The number of amides is 1. The third kappa shape index (κ3) is 5.22. The minimum absolute atomic E-state index is 0.0196. The molecule has 2 aromatic carbocycles. The van der Waals surface area contributed by atoms with E-state index in [2.05, 4.69) is 20.3 Å². The molecule has 1 saturated heterocycles. The van der Waals surface area contributed by atoms with Crippen molar-refractivity contribution in [1.82, 2.24) is 15.0 Å². The summed E-state index contributed by atoms with van der Waals surface area (Å²) >= 11 is 0. The fraction of sp³-hybridized carbons (Fsp3) is 0.333. The molecule has 1 aromatic heterocycles. The molecule has 1 N–H and O–H groups in total. The first-order chi connectivity index (χ1) is 16.3. The molecule has 3 atom stereocenters. The SMILES string of the molecule is Cc1nc(N[C@@H](C)c2ccc(Oc3ccccc3)cc2)nc(N2C(=O)OC[C@H]2[C@@H](C)C(F)F)n1. The van der Waals surface area contributed by atoms with Crippen LogP contribution in [0.5, 0.6) is 11.5 Å². The van der Waals surface area contributed by atoms with Gasteiger partial charge >= 0.3 is 6.09 Å². The molecule has 0 spiro atoms. The number of benzene rings is 2. The average molecular weight is 469 g/mol. The van der Waals surface area contributed by atoms with Crippen molar-refractivity contribution in [3.8, 4) is 11.5 Å². The van der Waals surface area contributed by atoms with Crippen LogP contribution in [-0.2, 0) is 4.74 Å². The van der Waals surface area contributed by atoms with Gasteiger partial charge in [0.15, 0.2) is 0 Å². The number of anilines is 2. The van der Waals surface area contributed by atoms with Crippen molar-refractivity contribution >= 4 is 18.0 Å². The number of carbonyl (C=O) groups excluding carboxylic acids is 1. The normalized spacial score (nSPS) is 17.4. The lowest BCUT2D eigenvalue weighted by molar-refractivity contribution is 0.0684. The zero-order chi connectivity index (χ0) is 24.2. The second kappa shape index (κ2) is 9.98.